The number of aromatic nitrogens is 5. The molecule has 1 aliphatic heterocycles. The smallest absolute Gasteiger partial charge is 0.384 e. The number of H-pyrrole nitrogens is 1. The Morgan fingerprint density at radius 1 is 1.25 bits per heavy atom. The number of halogens is 1. The molecule has 0 unspecified atom stereocenters. The first kappa shape index (κ1) is 28.1. The lowest BCUT2D eigenvalue weighted by molar-refractivity contribution is -0.0498. The summed E-state index contributed by atoms with van der Waals surface area (Å²) < 4.78 is 11.1. The van der Waals surface area contributed by atoms with Crippen LogP contribution in [0.4, 0.5) is 11.5 Å². The number of aromatic amines is 1. The zero-order valence-electron chi connectivity index (χ0n) is 23.3. The summed E-state index contributed by atoms with van der Waals surface area (Å²) in [6.45, 7) is 13.2. The number of anilines is 2. The Kier molecular flexibility index (Phi) is 8.41. The highest BCUT2D eigenvalue weighted by Crippen LogP contribution is 2.40. The number of nitrogens with two attached hydrogens (primary N) is 1. The van der Waals surface area contributed by atoms with Crippen LogP contribution in [0.3, 0.4) is 0 Å². The normalized spacial score (nSPS) is 23.2. The quantitative estimate of drug-likeness (QED) is 0.392. The van der Waals surface area contributed by atoms with Crippen LogP contribution in [-0.4, -0.2) is 61.9 Å². The molecule has 0 bridgehead atoms. The summed E-state index contributed by atoms with van der Waals surface area (Å²) >= 11 is 6.37. The van der Waals surface area contributed by atoms with Crippen LogP contribution in [0.1, 0.15) is 52.9 Å². The van der Waals surface area contributed by atoms with Gasteiger partial charge in [-0.1, -0.05) is 44.9 Å². The Labute approximate surface area is 238 Å². The zero-order chi connectivity index (χ0) is 28.4. The SMILES string of the molecule is C=C(N(C[C@H]1CC[C@H](C)CC1)c1c(N)nc(-c2n[nH]c(=O)o2)nc1-c1cncc(Cl)c1)N1CCO[C@H](C)[C@H]1CC. The largest absolute Gasteiger partial charge is 0.434 e. The van der Waals surface area contributed by atoms with Gasteiger partial charge in [0.25, 0.3) is 5.89 Å². The average molecular weight is 569 g/mol. The second-order valence-electron chi connectivity index (χ2n) is 10.8. The van der Waals surface area contributed by atoms with E-state index >= 15 is 0 Å². The molecule has 1 saturated carbocycles. The number of hydrogen-bond acceptors (Lipinski definition) is 10. The van der Waals surface area contributed by atoms with Crippen molar-refractivity contribution in [1.29, 1.82) is 0 Å². The molecular formula is C28H37ClN8O3. The lowest BCUT2D eigenvalue weighted by Gasteiger charge is -2.46. The van der Waals surface area contributed by atoms with Crippen molar-refractivity contribution in [2.24, 2.45) is 11.8 Å². The molecule has 0 aromatic carbocycles. The monoisotopic (exact) mass is 568 g/mol. The summed E-state index contributed by atoms with van der Waals surface area (Å²) in [7, 11) is 0. The summed E-state index contributed by atoms with van der Waals surface area (Å²) in [5.74, 6) is 1.52. The molecule has 3 N–H and O–H groups in total. The van der Waals surface area contributed by atoms with Gasteiger partial charge < -0.3 is 24.7 Å². The molecule has 40 heavy (non-hydrogen) atoms. The van der Waals surface area contributed by atoms with Crippen LogP contribution in [0.5, 0.6) is 0 Å². The third-order valence-corrected chi connectivity index (χ3v) is 8.29. The number of rotatable bonds is 8. The van der Waals surface area contributed by atoms with Crippen molar-refractivity contribution in [3.05, 3.63) is 46.4 Å². The number of nitrogens with zero attached hydrogens (tertiary/aromatic N) is 6. The van der Waals surface area contributed by atoms with Gasteiger partial charge in [0.05, 0.1) is 23.8 Å². The van der Waals surface area contributed by atoms with Crippen molar-refractivity contribution in [3.63, 3.8) is 0 Å². The molecule has 11 nitrogen and oxygen atoms in total. The van der Waals surface area contributed by atoms with E-state index in [0.29, 0.717) is 47.6 Å². The highest BCUT2D eigenvalue weighted by molar-refractivity contribution is 6.30. The third-order valence-electron chi connectivity index (χ3n) is 8.08. The lowest BCUT2D eigenvalue weighted by atomic mass is 9.82. The number of hydrogen-bond donors (Lipinski definition) is 2. The maximum atomic E-state index is 11.7. The van der Waals surface area contributed by atoms with Gasteiger partial charge >= 0.3 is 5.76 Å². The van der Waals surface area contributed by atoms with Crippen molar-refractivity contribution >= 4 is 23.1 Å². The van der Waals surface area contributed by atoms with Crippen molar-refractivity contribution in [2.75, 3.05) is 30.3 Å². The fraction of sp³-hybridized carbons (Fsp3) is 0.536. The van der Waals surface area contributed by atoms with Crippen LogP contribution in [-0.2, 0) is 4.74 Å². The Morgan fingerprint density at radius 3 is 2.70 bits per heavy atom. The maximum absolute atomic E-state index is 11.7. The molecule has 214 valence electrons. The third kappa shape index (κ3) is 5.85. The summed E-state index contributed by atoms with van der Waals surface area (Å²) in [6, 6.07) is 1.94. The number of morpholine rings is 1. The summed E-state index contributed by atoms with van der Waals surface area (Å²) in [6.07, 6.45) is 8.81. The Balaban J connectivity index is 1.65. The van der Waals surface area contributed by atoms with Crippen LogP contribution in [0.15, 0.2) is 40.1 Å². The Hall–Kier alpha value is -3.44. The lowest BCUT2D eigenvalue weighted by Crippen LogP contribution is -2.52. The predicted molar refractivity (Wildman–Crippen MR) is 155 cm³/mol. The molecule has 1 aliphatic carbocycles. The first-order valence-electron chi connectivity index (χ1n) is 13.9. The highest BCUT2D eigenvalue weighted by atomic mass is 35.5. The van der Waals surface area contributed by atoms with Gasteiger partial charge in [0.2, 0.25) is 5.82 Å². The van der Waals surface area contributed by atoms with E-state index in [1.807, 2.05) is 0 Å². The van der Waals surface area contributed by atoms with Gasteiger partial charge in [0.15, 0.2) is 5.82 Å². The van der Waals surface area contributed by atoms with E-state index in [1.165, 1.54) is 12.8 Å². The van der Waals surface area contributed by atoms with Crippen molar-refractivity contribution in [2.45, 2.75) is 65.0 Å². The fourth-order valence-electron chi connectivity index (χ4n) is 5.89. The molecule has 1 saturated heterocycles. The van der Waals surface area contributed by atoms with E-state index in [0.717, 1.165) is 31.0 Å². The van der Waals surface area contributed by atoms with Gasteiger partial charge in [-0.3, -0.25) is 4.98 Å². The van der Waals surface area contributed by atoms with E-state index < -0.39 is 5.76 Å². The molecule has 0 amide bonds. The number of nitrogen functional groups attached to an aromatic ring is 1. The first-order valence-corrected chi connectivity index (χ1v) is 14.3. The van der Waals surface area contributed by atoms with Crippen molar-refractivity contribution in [1.82, 2.24) is 30.0 Å². The predicted octanol–water partition coefficient (Wildman–Crippen LogP) is 4.72. The molecule has 2 atom stereocenters. The van der Waals surface area contributed by atoms with E-state index in [-0.39, 0.29) is 29.7 Å². The second-order valence-corrected chi connectivity index (χ2v) is 11.3. The van der Waals surface area contributed by atoms with Crippen LogP contribution >= 0.6 is 11.6 Å². The second kappa shape index (κ2) is 12.0. The van der Waals surface area contributed by atoms with E-state index in [4.69, 9.17) is 31.5 Å². The van der Waals surface area contributed by atoms with Gasteiger partial charge in [0, 0.05) is 31.0 Å². The minimum Gasteiger partial charge on any atom is -0.384 e. The molecule has 3 aromatic heterocycles. The van der Waals surface area contributed by atoms with Crippen LogP contribution in [0.2, 0.25) is 5.02 Å². The Morgan fingerprint density at radius 2 is 2.02 bits per heavy atom. The average Bonchev–Trinajstić information content (AvgIpc) is 3.38. The van der Waals surface area contributed by atoms with E-state index in [2.05, 4.69) is 57.3 Å². The van der Waals surface area contributed by atoms with Crippen LogP contribution in [0, 0.1) is 11.8 Å². The molecule has 2 aliphatic rings. The molecule has 0 spiro atoms. The number of nitrogens with one attached hydrogen (secondary N) is 1. The molecule has 12 heteroatoms. The van der Waals surface area contributed by atoms with Gasteiger partial charge in [0.1, 0.15) is 17.2 Å². The standard InChI is InChI=1S/C28H37ClN8O3/c1-5-22-17(3)39-11-10-36(22)18(4)37(15-19-8-6-16(2)7-9-19)24-23(20-12-21(29)14-31-13-20)32-26(33-25(24)30)27-34-35-28(38)40-27/h12-14,16-17,19,22H,4-11,15H2,1-3H3,(H,35,38)(H2,30,32,33)/t16-,17-,19-,22-/m1/s1. The molecular weight excluding hydrogens is 532 g/mol. The summed E-state index contributed by atoms with van der Waals surface area (Å²) in [5, 5.41) is 6.62. The Bertz CT molecular complexity index is 1400. The minimum absolute atomic E-state index is 0.0563. The minimum atomic E-state index is -0.708. The van der Waals surface area contributed by atoms with Crippen molar-refractivity contribution in [3.8, 4) is 23.0 Å². The van der Waals surface area contributed by atoms with Gasteiger partial charge in [-0.2, -0.15) is 0 Å². The molecule has 3 aromatic rings. The van der Waals surface area contributed by atoms with Crippen LogP contribution in [0.25, 0.3) is 23.0 Å². The van der Waals surface area contributed by atoms with Gasteiger partial charge in [-0.25, -0.2) is 19.9 Å². The van der Waals surface area contributed by atoms with Gasteiger partial charge in [-0.15, -0.1) is 5.10 Å². The van der Waals surface area contributed by atoms with Crippen LogP contribution < -0.4 is 16.4 Å². The van der Waals surface area contributed by atoms with Crippen molar-refractivity contribution < 1.29 is 9.15 Å². The van der Waals surface area contributed by atoms with Gasteiger partial charge in [-0.05, 0) is 44.1 Å². The molecule has 4 heterocycles. The molecule has 2 fully saturated rings. The zero-order valence-corrected chi connectivity index (χ0v) is 24.0. The number of ether oxygens (including phenoxy) is 1. The number of pyridine rings is 1. The van der Waals surface area contributed by atoms with E-state index in [9.17, 15) is 4.79 Å². The maximum Gasteiger partial charge on any atom is 0.434 e. The topological polar surface area (TPSA) is 139 Å². The summed E-state index contributed by atoms with van der Waals surface area (Å²) in [4.78, 5) is 29.8. The molecule has 0 radical (unpaired) electrons. The highest BCUT2D eigenvalue weighted by Gasteiger charge is 2.34. The first-order chi connectivity index (χ1) is 19.2. The van der Waals surface area contributed by atoms with E-state index in [1.54, 1.807) is 18.5 Å². The molecule has 5 rings (SSSR count). The summed E-state index contributed by atoms with van der Waals surface area (Å²) in [5.41, 5.74) is 8.51. The fourth-order valence-corrected chi connectivity index (χ4v) is 6.07.